The fraction of sp³-hybridized carbons (Fsp3) is 0. The van der Waals surface area contributed by atoms with Gasteiger partial charge in [0.25, 0.3) is 0 Å². The van der Waals surface area contributed by atoms with Crippen molar-refractivity contribution in [2.24, 2.45) is 0 Å². The van der Waals surface area contributed by atoms with E-state index in [9.17, 15) is 21.6 Å². The molecule has 0 aliphatic carbocycles. The molecule has 0 fully saturated rings. The first kappa shape index (κ1) is 14.9. The third-order valence-corrected chi connectivity index (χ3v) is 3.70. The average molecular weight is 313 g/mol. The quantitative estimate of drug-likeness (QED) is 0.645. The van der Waals surface area contributed by atoms with Crippen LogP contribution in [0, 0.1) is 28.8 Å². The lowest BCUT2D eigenvalue weighted by Crippen LogP contribution is -2.13. The Morgan fingerprint density at radius 2 is 1.62 bits per heavy atom. The van der Waals surface area contributed by atoms with Crippen LogP contribution >= 0.6 is 0 Å². The summed E-state index contributed by atoms with van der Waals surface area (Å²) in [4.78, 5) is -1.16. The molecule has 0 unspecified atom stereocenters. The van der Waals surface area contributed by atoms with Gasteiger partial charge in [-0.15, -0.1) is 0 Å². The Hall–Kier alpha value is -2.53. The Bertz CT molecular complexity index is 844. The van der Waals surface area contributed by atoms with Crippen molar-refractivity contribution >= 4 is 10.1 Å². The van der Waals surface area contributed by atoms with Gasteiger partial charge in [-0.2, -0.15) is 13.7 Å². The van der Waals surface area contributed by atoms with Crippen LogP contribution < -0.4 is 4.18 Å². The lowest BCUT2D eigenvalue weighted by atomic mass is 10.2. The minimum absolute atomic E-state index is 0.0990. The van der Waals surface area contributed by atoms with Gasteiger partial charge < -0.3 is 4.18 Å². The van der Waals surface area contributed by atoms with E-state index in [-0.39, 0.29) is 23.4 Å². The third-order valence-electron chi connectivity index (χ3n) is 2.45. The zero-order chi connectivity index (χ0) is 15.6. The van der Waals surface area contributed by atoms with Crippen LogP contribution in [-0.2, 0) is 10.1 Å². The van der Waals surface area contributed by atoms with Crippen molar-refractivity contribution in [1.82, 2.24) is 0 Å². The van der Waals surface area contributed by atoms with E-state index in [1.807, 2.05) is 0 Å². The van der Waals surface area contributed by atoms with E-state index in [4.69, 9.17) is 5.26 Å². The fourth-order valence-electron chi connectivity index (χ4n) is 1.49. The molecular formula is C13H6F3NO3S. The number of para-hydroxylation sites is 1. The summed E-state index contributed by atoms with van der Waals surface area (Å²) in [6.07, 6.45) is 0. The predicted molar refractivity (Wildman–Crippen MR) is 65.3 cm³/mol. The molecule has 0 atom stereocenters. The first-order chi connectivity index (χ1) is 9.85. The van der Waals surface area contributed by atoms with Gasteiger partial charge in [0, 0.05) is 12.1 Å². The highest BCUT2D eigenvalue weighted by Gasteiger charge is 2.25. The molecule has 21 heavy (non-hydrogen) atoms. The van der Waals surface area contributed by atoms with Crippen LogP contribution in [0.2, 0.25) is 0 Å². The minimum Gasteiger partial charge on any atom is -0.377 e. The zero-order valence-corrected chi connectivity index (χ0v) is 11.0. The largest absolute Gasteiger partial charge is 0.377 e. The normalized spacial score (nSPS) is 11.0. The van der Waals surface area contributed by atoms with Crippen molar-refractivity contribution in [2.75, 3.05) is 0 Å². The van der Waals surface area contributed by atoms with Gasteiger partial charge in [-0.25, -0.2) is 13.2 Å². The van der Waals surface area contributed by atoms with Crippen LogP contribution in [-0.4, -0.2) is 8.42 Å². The molecule has 0 saturated heterocycles. The van der Waals surface area contributed by atoms with E-state index in [2.05, 4.69) is 4.18 Å². The highest BCUT2D eigenvalue weighted by molar-refractivity contribution is 7.87. The molecule has 0 N–H and O–H groups in total. The van der Waals surface area contributed by atoms with E-state index in [0.29, 0.717) is 0 Å². The number of nitriles is 1. The Morgan fingerprint density at radius 3 is 2.29 bits per heavy atom. The molecule has 8 heteroatoms. The predicted octanol–water partition coefficient (Wildman–Crippen LogP) is 2.74. The maximum Gasteiger partial charge on any atom is 0.342 e. The summed E-state index contributed by atoms with van der Waals surface area (Å²) in [6, 6.07) is 7.29. The topological polar surface area (TPSA) is 67.2 Å². The number of rotatable bonds is 3. The SMILES string of the molecule is N#Cc1ccccc1OS(=O)(=O)c1cc(F)c(F)cc1F. The molecule has 0 spiro atoms. The van der Waals surface area contributed by atoms with E-state index >= 15 is 0 Å². The van der Waals surface area contributed by atoms with Crippen LogP contribution in [0.15, 0.2) is 41.3 Å². The van der Waals surface area contributed by atoms with Crippen molar-refractivity contribution < 1.29 is 25.8 Å². The first-order valence-electron chi connectivity index (χ1n) is 5.43. The summed E-state index contributed by atoms with van der Waals surface area (Å²) in [5, 5.41) is 8.81. The number of nitrogens with zero attached hydrogens (tertiary/aromatic N) is 1. The van der Waals surface area contributed by atoms with Gasteiger partial charge in [0.05, 0.1) is 5.56 Å². The van der Waals surface area contributed by atoms with Crippen molar-refractivity contribution in [3.05, 3.63) is 59.4 Å². The van der Waals surface area contributed by atoms with Crippen LogP contribution in [0.1, 0.15) is 5.56 Å². The van der Waals surface area contributed by atoms with Crippen molar-refractivity contribution in [3.63, 3.8) is 0 Å². The molecule has 0 aromatic heterocycles. The molecule has 0 saturated carbocycles. The molecule has 0 bridgehead atoms. The third kappa shape index (κ3) is 2.98. The highest BCUT2D eigenvalue weighted by Crippen LogP contribution is 2.25. The van der Waals surface area contributed by atoms with Gasteiger partial charge in [0.2, 0.25) is 0 Å². The maximum atomic E-state index is 13.5. The second-order valence-corrected chi connectivity index (χ2v) is 5.36. The number of benzene rings is 2. The number of hydrogen-bond donors (Lipinski definition) is 0. The van der Waals surface area contributed by atoms with Crippen molar-refractivity contribution in [2.45, 2.75) is 4.90 Å². The molecule has 0 radical (unpaired) electrons. The zero-order valence-electron chi connectivity index (χ0n) is 10.2. The summed E-state index contributed by atoms with van der Waals surface area (Å²) in [7, 11) is -4.75. The highest BCUT2D eigenvalue weighted by atomic mass is 32.2. The molecule has 0 aliphatic heterocycles. The molecule has 108 valence electrons. The molecule has 4 nitrogen and oxygen atoms in total. The van der Waals surface area contributed by atoms with Gasteiger partial charge in [0.15, 0.2) is 17.4 Å². The number of hydrogen-bond acceptors (Lipinski definition) is 4. The molecule has 2 aromatic carbocycles. The van der Waals surface area contributed by atoms with Crippen molar-refractivity contribution in [3.8, 4) is 11.8 Å². The first-order valence-corrected chi connectivity index (χ1v) is 6.84. The smallest absolute Gasteiger partial charge is 0.342 e. The Morgan fingerprint density at radius 1 is 1.00 bits per heavy atom. The van der Waals surface area contributed by atoms with Gasteiger partial charge in [-0.1, -0.05) is 12.1 Å². The number of halogens is 3. The van der Waals surface area contributed by atoms with E-state index in [1.54, 1.807) is 6.07 Å². The Labute approximate surface area is 118 Å². The van der Waals surface area contributed by atoms with Crippen LogP contribution in [0.4, 0.5) is 13.2 Å². The van der Waals surface area contributed by atoms with Gasteiger partial charge >= 0.3 is 10.1 Å². The maximum absolute atomic E-state index is 13.5. The van der Waals surface area contributed by atoms with Crippen LogP contribution in [0.3, 0.4) is 0 Å². The minimum atomic E-state index is -4.75. The lowest BCUT2D eigenvalue weighted by molar-refractivity contribution is 0.459. The Kier molecular flexibility index (Phi) is 3.86. The summed E-state index contributed by atoms with van der Waals surface area (Å²) >= 11 is 0. The van der Waals surface area contributed by atoms with E-state index in [1.165, 1.54) is 24.3 Å². The molecule has 2 rings (SSSR count). The summed E-state index contributed by atoms with van der Waals surface area (Å²) < 4.78 is 67.7. The van der Waals surface area contributed by atoms with Gasteiger partial charge in [-0.05, 0) is 12.1 Å². The standard InChI is InChI=1S/C13H6F3NO3S/c14-9-5-11(16)13(6-10(9)15)21(18,19)20-12-4-2-1-3-8(12)7-17/h1-6H. The van der Waals surface area contributed by atoms with E-state index in [0.717, 1.165) is 0 Å². The van der Waals surface area contributed by atoms with Gasteiger partial charge in [0.1, 0.15) is 16.8 Å². The fourth-order valence-corrected chi connectivity index (χ4v) is 2.51. The monoisotopic (exact) mass is 313 g/mol. The van der Waals surface area contributed by atoms with Crippen molar-refractivity contribution in [1.29, 1.82) is 5.26 Å². The molecule has 0 heterocycles. The van der Waals surface area contributed by atoms with E-state index < -0.39 is 32.5 Å². The molecular weight excluding hydrogens is 307 g/mol. The second kappa shape index (κ2) is 5.46. The summed E-state index contributed by atoms with van der Waals surface area (Å²) in [5.41, 5.74) is -0.107. The van der Waals surface area contributed by atoms with Crippen LogP contribution in [0.25, 0.3) is 0 Å². The summed E-state index contributed by atoms with van der Waals surface area (Å²) in [6.45, 7) is 0. The molecule has 0 aliphatic rings. The average Bonchev–Trinajstić information content (AvgIpc) is 2.43. The Balaban J connectivity index is 2.49. The van der Waals surface area contributed by atoms with Gasteiger partial charge in [-0.3, -0.25) is 0 Å². The molecule has 2 aromatic rings. The second-order valence-electron chi connectivity index (χ2n) is 3.84. The molecule has 0 amide bonds. The lowest BCUT2D eigenvalue weighted by Gasteiger charge is -2.09. The van der Waals surface area contributed by atoms with Crippen LogP contribution in [0.5, 0.6) is 5.75 Å². The summed E-state index contributed by atoms with van der Waals surface area (Å²) in [5.74, 6) is -4.90.